The molecule has 0 bridgehead atoms. The molecule has 2 N–H and O–H groups in total. The van der Waals surface area contributed by atoms with Crippen LogP contribution in [0.15, 0.2) is 41.0 Å². The molecule has 1 aromatic carbocycles. The summed E-state index contributed by atoms with van der Waals surface area (Å²) in [4.78, 5) is 4.63. The third kappa shape index (κ3) is 1.94. The average Bonchev–Trinajstić information content (AvgIpc) is 2.76. The van der Waals surface area contributed by atoms with Gasteiger partial charge in [0.15, 0.2) is 11.4 Å². The first kappa shape index (κ1) is 13.0. The van der Waals surface area contributed by atoms with Crippen LogP contribution in [0, 0.1) is 6.92 Å². The Kier molecular flexibility index (Phi) is 3.14. The summed E-state index contributed by atoms with van der Waals surface area (Å²) in [7, 11) is 1.63. The van der Waals surface area contributed by atoms with Crippen LogP contribution in [0.25, 0.3) is 16.9 Å². The molecule has 0 fully saturated rings. The third-order valence-corrected chi connectivity index (χ3v) is 3.91. The molecule has 0 saturated carbocycles. The lowest BCUT2D eigenvalue weighted by atomic mass is 10.1. The molecule has 20 heavy (non-hydrogen) atoms. The van der Waals surface area contributed by atoms with Crippen LogP contribution in [0.4, 0.5) is 5.82 Å². The van der Waals surface area contributed by atoms with Crippen LogP contribution in [0.2, 0.25) is 0 Å². The van der Waals surface area contributed by atoms with Crippen molar-refractivity contribution in [2.24, 2.45) is 0 Å². The number of ether oxygens (including phenoxy) is 1. The quantitative estimate of drug-likeness (QED) is 0.779. The van der Waals surface area contributed by atoms with Crippen molar-refractivity contribution in [3.63, 3.8) is 0 Å². The van der Waals surface area contributed by atoms with Gasteiger partial charge < -0.3 is 10.5 Å². The number of nitrogens with two attached hydrogens (primary N) is 1. The van der Waals surface area contributed by atoms with Gasteiger partial charge in [-0.1, -0.05) is 28.1 Å². The molecule has 3 aromatic rings. The van der Waals surface area contributed by atoms with Crippen molar-refractivity contribution in [1.29, 1.82) is 0 Å². The van der Waals surface area contributed by atoms with Crippen LogP contribution in [-0.4, -0.2) is 16.5 Å². The molecular formula is C15H14BrN3O. The normalized spacial score (nSPS) is 10.9. The van der Waals surface area contributed by atoms with Crippen molar-refractivity contribution in [3.05, 3.63) is 46.6 Å². The highest BCUT2D eigenvalue weighted by atomic mass is 79.9. The molecule has 0 unspecified atom stereocenters. The first-order chi connectivity index (χ1) is 9.61. The highest BCUT2D eigenvalue weighted by molar-refractivity contribution is 9.10. The number of pyridine rings is 1. The molecule has 2 heterocycles. The number of hydrogen-bond acceptors (Lipinski definition) is 3. The molecule has 5 heteroatoms. The van der Waals surface area contributed by atoms with Gasteiger partial charge in [-0.2, -0.15) is 0 Å². The molecule has 0 amide bonds. The first-order valence-corrected chi connectivity index (χ1v) is 6.98. The zero-order valence-corrected chi connectivity index (χ0v) is 12.8. The highest BCUT2D eigenvalue weighted by Gasteiger charge is 2.16. The Bertz CT molecular complexity index is 795. The second-order valence-electron chi connectivity index (χ2n) is 4.60. The van der Waals surface area contributed by atoms with Gasteiger partial charge in [0.1, 0.15) is 11.5 Å². The van der Waals surface area contributed by atoms with Gasteiger partial charge in [0.2, 0.25) is 0 Å². The minimum Gasteiger partial charge on any atom is -0.493 e. The predicted octanol–water partition coefficient (Wildman–Crippen LogP) is 3.66. The number of rotatable bonds is 2. The summed E-state index contributed by atoms with van der Waals surface area (Å²) >= 11 is 3.57. The van der Waals surface area contributed by atoms with Crippen molar-refractivity contribution in [2.45, 2.75) is 6.92 Å². The summed E-state index contributed by atoms with van der Waals surface area (Å²) in [6, 6.07) is 9.87. The molecule has 0 aliphatic carbocycles. The standard InChI is InChI=1S/C15H14BrN3O/c1-9-5-6-10(11(16)8-9)13-14(17)19-7-3-4-12(20-2)15(19)18-13/h3-8H,17H2,1-2H3. The van der Waals surface area contributed by atoms with Crippen molar-refractivity contribution < 1.29 is 4.74 Å². The Labute approximate surface area is 125 Å². The molecule has 0 radical (unpaired) electrons. The molecule has 0 spiro atoms. The summed E-state index contributed by atoms with van der Waals surface area (Å²) < 4.78 is 8.14. The van der Waals surface area contributed by atoms with E-state index in [1.54, 1.807) is 7.11 Å². The van der Waals surface area contributed by atoms with Gasteiger partial charge in [0.25, 0.3) is 0 Å². The number of imidazole rings is 1. The van der Waals surface area contributed by atoms with Crippen LogP contribution in [0.3, 0.4) is 0 Å². The average molecular weight is 332 g/mol. The van der Waals surface area contributed by atoms with E-state index in [4.69, 9.17) is 10.5 Å². The maximum absolute atomic E-state index is 6.23. The molecular weight excluding hydrogens is 318 g/mol. The number of aromatic nitrogens is 2. The summed E-state index contributed by atoms with van der Waals surface area (Å²) in [5, 5.41) is 0. The van der Waals surface area contributed by atoms with E-state index in [0.29, 0.717) is 11.6 Å². The Morgan fingerprint density at radius 1 is 1.30 bits per heavy atom. The number of methoxy groups -OCH3 is 1. The molecule has 3 rings (SSSR count). The number of hydrogen-bond donors (Lipinski definition) is 1. The van der Waals surface area contributed by atoms with Gasteiger partial charge in [-0.05, 0) is 30.7 Å². The largest absolute Gasteiger partial charge is 0.493 e. The summed E-state index contributed by atoms with van der Waals surface area (Å²) in [6.45, 7) is 2.05. The van der Waals surface area contributed by atoms with Gasteiger partial charge in [-0.25, -0.2) is 4.98 Å². The fourth-order valence-electron chi connectivity index (χ4n) is 2.23. The Morgan fingerprint density at radius 3 is 2.80 bits per heavy atom. The monoisotopic (exact) mass is 331 g/mol. The van der Waals surface area contributed by atoms with Crippen molar-refractivity contribution >= 4 is 27.4 Å². The smallest absolute Gasteiger partial charge is 0.181 e. The highest BCUT2D eigenvalue weighted by Crippen LogP contribution is 2.34. The fourth-order valence-corrected chi connectivity index (χ4v) is 2.91. The number of anilines is 1. The molecule has 0 aliphatic rings. The van der Waals surface area contributed by atoms with Gasteiger partial charge in [-0.3, -0.25) is 4.40 Å². The Morgan fingerprint density at radius 2 is 2.10 bits per heavy atom. The van der Waals surface area contributed by atoms with E-state index < -0.39 is 0 Å². The minimum atomic E-state index is 0.600. The van der Waals surface area contributed by atoms with E-state index in [1.807, 2.05) is 41.8 Å². The lowest BCUT2D eigenvalue weighted by Crippen LogP contribution is -1.95. The summed E-state index contributed by atoms with van der Waals surface area (Å²) in [6.07, 6.45) is 1.88. The van der Waals surface area contributed by atoms with E-state index in [9.17, 15) is 0 Å². The van der Waals surface area contributed by atoms with Gasteiger partial charge in [0, 0.05) is 16.2 Å². The van der Waals surface area contributed by atoms with Gasteiger partial charge >= 0.3 is 0 Å². The number of fused-ring (bicyclic) bond motifs is 1. The second-order valence-corrected chi connectivity index (χ2v) is 5.45. The Balaban J connectivity index is 2.29. The van der Waals surface area contributed by atoms with E-state index in [0.717, 1.165) is 21.4 Å². The van der Waals surface area contributed by atoms with E-state index in [1.165, 1.54) is 5.56 Å². The molecule has 0 atom stereocenters. The van der Waals surface area contributed by atoms with Crippen molar-refractivity contribution in [3.8, 4) is 17.0 Å². The molecule has 4 nitrogen and oxygen atoms in total. The lowest BCUT2D eigenvalue weighted by Gasteiger charge is -2.03. The van der Waals surface area contributed by atoms with Crippen LogP contribution in [-0.2, 0) is 0 Å². The van der Waals surface area contributed by atoms with Crippen LogP contribution in [0.1, 0.15) is 5.56 Å². The Hall–Kier alpha value is -2.01. The number of nitrogens with zero attached hydrogens (tertiary/aromatic N) is 2. The van der Waals surface area contributed by atoms with E-state index in [2.05, 4.69) is 27.0 Å². The number of nitrogen functional groups attached to an aromatic ring is 1. The zero-order chi connectivity index (χ0) is 14.3. The fraction of sp³-hybridized carbons (Fsp3) is 0.133. The van der Waals surface area contributed by atoms with Gasteiger partial charge in [-0.15, -0.1) is 0 Å². The van der Waals surface area contributed by atoms with Crippen molar-refractivity contribution in [2.75, 3.05) is 12.8 Å². The summed E-state index contributed by atoms with van der Waals surface area (Å²) in [5.74, 6) is 1.30. The number of benzene rings is 1. The SMILES string of the molecule is COc1cccn2c(N)c(-c3ccc(C)cc3Br)nc12. The third-order valence-electron chi connectivity index (χ3n) is 3.25. The molecule has 2 aromatic heterocycles. The van der Waals surface area contributed by atoms with E-state index in [-0.39, 0.29) is 0 Å². The van der Waals surface area contributed by atoms with E-state index >= 15 is 0 Å². The van der Waals surface area contributed by atoms with Crippen LogP contribution < -0.4 is 10.5 Å². The minimum absolute atomic E-state index is 0.600. The molecule has 0 aliphatic heterocycles. The maximum Gasteiger partial charge on any atom is 0.181 e. The van der Waals surface area contributed by atoms with Crippen molar-refractivity contribution in [1.82, 2.24) is 9.38 Å². The molecule has 102 valence electrons. The second kappa shape index (κ2) is 4.83. The number of halogens is 1. The van der Waals surface area contributed by atoms with Crippen LogP contribution >= 0.6 is 15.9 Å². The summed E-state index contributed by atoms with van der Waals surface area (Å²) in [5.41, 5.74) is 9.85. The maximum atomic E-state index is 6.23. The van der Waals surface area contributed by atoms with Gasteiger partial charge in [0.05, 0.1) is 7.11 Å². The topological polar surface area (TPSA) is 52.5 Å². The first-order valence-electron chi connectivity index (χ1n) is 6.19. The number of aryl methyl sites for hydroxylation is 1. The molecule has 0 saturated heterocycles. The zero-order valence-electron chi connectivity index (χ0n) is 11.2. The predicted molar refractivity (Wildman–Crippen MR) is 84.0 cm³/mol. The van der Waals surface area contributed by atoms with Crippen LogP contribution in [0.5, 0.6) is 5.75 Å². The lowest BCUT2D eigenvalue weighted by molar-refractivity contribution is 0.417.